The van der Waals surface area contributed by atoms with E-state index in [1.165, 1.54) is 44.4 Å². The van der Waals surface area contributed by atoms with Crippen LogP contribution >= 0.6 is 0 Å². The highest BCUT2D eigenvalue weighted by atomic mass is 16.6. The van der Waals surface area contributed by atoms with Crippen LogP contribution in [0.15, 0.2) is 18.3 Å². The molecule has 0 amide bonds. The molecule has 0 atom stereocenters. The second-order valence-corrected chi connectivity index (χ2v) is 5.24. The average molecular weight is 249 g/mol. The Hall–Kier alpha value is -1.49. The van der Waals surface area contributed by atoms with Crippen LogP contribution in [-0.4, -0.2) is 15.4 Å². The molecule has 0 radical (unpaired) electrons. The molecule has 5 heteroatoms. The Bertz CT molecular complexity index is 411. The van der Waals surface area contributed by atoms with E-state index in [1.54, 1.807) is 6.07 Å². The summed E-state index contributed by atoms with van der Waals surface area (Å²) in [6.45, 7) is 2.92. The molecule has 1 aliphatic rings. The molecule has 0 bridgehead atoms. The molecule has 0 aromatic carbocycles. The van der Waals surface area contributed by atoms with E-state index in [1.807, 2.05) is 0 Å². The maximum Gasteiger partial charge on any atom is 0.287 e. The summed E-state index contributed by atoms with van der Waals surface area (Å²) in [5.41, 5.74) is 1.09. The third-order valence-corrected chi connectivity index (χ3v) is 3.67. The second kappa shape index (κ2) is 5.44. The first-order valence-electron chi connectivity index (χ1n) is 6.43. The van der Waals surface area contributed by atoms with Crippen molar-refractivity contribution in [1.82, 2.24) is 10.3 Å². The molecule has 0 spiro atoms. The highest BCUT2D eigenvalue weighted by Gasteiger charge is 2.25. The number of nitrogens with one attached hydrogen (secondary N) is 1. The fourth-order valence-electron chi connectivity index (χ4n) is 2.44. The molecule has 1 aliphatic carbocycles. The zero-order valence-electron chi connectivity index (χ0n) is 10.7. The number of nitro groups is 1. The first kappa shape index (κ1) is 13.0. The van der Waals surface area contributed by atoms with E-state index in [4.69, 9.17) is 0 Å². The maximum atomic E-state index is 10.5. The van der Waals surface area contributed by atoms with Gasteiger partial charge in [0.25, 0.3) is 5.69 Å². The number of aromatic nitrogens is 1. The molecule has 18 heavy (non-hydrogen) atoms. The molecule has 1 heterocycles. The maximum absolute atomic E-state index is 10.5. The van der Waals surface area contributed by atoms with E-state index < -0.39 is 4.92 Å². The molecule has 0 unspecified atom stereocenters. The van der Waals surface area contributed by atoms with Crippen molar-refractivity contribution in [3.8, 4) is 0 Å². The van der Waals surface area contributed by atoms with Gasteiger partial charge in [-0.3, -0.25) is 15.1 Å². The fraction of sp³-hybridized carbons (Fsp3) is 0.615. The van der Waals surface area contributed by atoms with Crippen molar-refractivity contribution in [2.45, 2.75) is 51.1 Å². The Kier molecular flexibility index (Phi) is 3.91. The van der Waals surface area contributed by atoms with E-state index in [0.29, 0.717) is 6.54 Å². The van der Waals surface area contributed by atoms with E-state index in [-0.39, 0.29) is 11.2 Å². The molecular formula is C13H19N3O2. The number of rotatable bonds is 4. The van der Waals surface area contributed by atoms with Gasteiger partial charge in [0, 0.05) is 18.2 Å². The Balaban J connectivity index is 1.91. The van der Waals surface area contributed by atoms with Crippen molar-refractivity contribution in [3.05, 3.63) is 34.1 Å². The van der Waals surface area contributed by atoms with Gasteiger partial charge in [-0.05, 0) is 25.8 Å². The fourth-order valence-corrected chi connectivity index (χ4v) is 2.44. The molecule has 1 aromatic heterocycles. The van der Waals surface area contributed by atoms with Crippen molar-refractivity contribution < 1.29 is 4.92 Å². The summed E-state index contributed by atoms with van der Waals surface area (Å²) in [5.74, 6) is 0. The van der Waals surface area contributed by atoms with Gasteiger partial charge in [-0.15, -0.1) is 0 Å². The third kappa shape index (κ3) is 3.26. The summed E-state index contributed by atoms with van der Waals surface area (Å²) in [6.07, 6.45) is 7.58. The predicted molar refractivity (Wildman–Crippen MR) is 69.2 cm³/mol. The Labute approximate surface area is 107 Å². The average Bonchev–Trinajstić information content (AvgIpc) is 2.38. The number of hydrogen-bond donors (Lipinski definition) is 1. The van der Waals surface area contributed by atoms with Gasteiger partial charge in [0.2, 0.25) is 0 Å². The largest absolute Gasteiger partial charge is 0.306 e. The van der Waals surface area contributed by atoms with Crippen molar-refractivity contribution in [2.24, 2.45) is 0 Å². The summed E-state index contributed by atoms with van der Waals surface area (Å²) in [4.78, 5) is 14.2. The molecule has 0 aliphatic heterocycles. The molecule has 1 fully saturated rings. The lowest BCUT2D eigenvalue weighted by Gasteiger charge is -2.34. The SMILES string of the molecule is CC1(NCc2ccc([N+](=O)[O-])cn2)CCCCC1. The standard InChI is InChI=1S/C13H19N3O2/c1-13(7-3-2-4-8-13)15-9-11-5-6-12(10-14-11)16(17)18/h5-6,10,15H,2-4,7-9H2,1H3. The summed E-state index contributed by atoms with van der Waals surface area (Å²) < 4.78 is 0. The monoisotopic (exact) mass is 249 g/mol. The van der Waals surface area contributed by atoms with E-state index in [9.17, 15) is 10.1 Å². The quantitative estimate of drug-likeness (QED) is 0.658. The van der Waals surface area contributed by atoms with Gasteiger partial charge in [0.15, 0.2) is 0 Å². The highest BCUT2D eigenvalue weighted by Crippen LogP contribution is 2.27. The van der Waals surface area contributed by atoms with Gasteiger partial charge < -0.3 is 5.32 Å². The van der Waals surface area contributed by atoms with Crippen molar-refractivity contribution in [3.63, 3.8) is 0 Å². The molecule has 98 valence electrons. The Morgan fingerprint density at radius 2 is 2.11 bits per heavy atom. The Morgan fingerprint density at radius 1 is 1.39 bits per heavy atom. The van der Waals surface area contributed by atoms with Crippen LogP contribution in [-0.2, 0) is 6.54 Å². The second-order valence-electron chi connectivity index (χ2n) is 5.24. The van der Waals surface area contributed by atoms with Crippen LogP contribution in [0.4, 0.5) is 5.69 Å². The van der Waals surface area contributed by atoms with Crippen molar-refractivity contribution >= 4 is 5.69 Å². The topological polar surface area (TPSA) is 68.1 Å². The minimum Gasteiger partial charge on any atom is -0.306 e. The first-order chi connectivity index (χ1) is 8.59. The van der Waals surface area contributed by atoms with Crippen LogP contribution in [0.1, 0.15) is 44.7 Å². The molecule has 5 nitrogen and oxygen atoms in total. The Morgan fingerprint density at radius 3 is 2.67 bits per heavy atom. The summed E-state index contributed by atoms with van der Waals surface area (Å²) in [6, 6.07) is 3.23. The van der Waals surface area contributed by atoms with Gasteiger partial charge in [-0.25, -0.2) is 0 Å². The van der Waals surface area contributed by atoms with Crippen LogP contribution < -0.4 is 5.32 Å². The lowest BCUT2D eigenvalue weighted by Crippen LogP contribution is -2.43. The number of hydrogen-bond acceptors (Lipinski definition) is 4. The minimum absolute atomic E-state index is 0.0441. The van der Waals surface area contributed by atoms with Crippen LogP contribution in [0.5, 0.6) is 0 Å². The number of nitrogens with zero attached hydrogens (tertiary/aromatic N) is 2. The highest BCUT2D eigenvalue weighted by molar-refractivity contribution is 5.26. The van der Waals surface area contributed by atoms with Gasteiger partial charge in [-0.1, -0.05) is 19.3 Å². The van der Waals surface area contributed by atoms with Crippen molar-refractivity contribution in [2.75, 3.05) is 0 Å². The molecule has 1 saturated carbocycles. The van der Waals surface area contributed by atoms with Crippen LogP contribution in [0.3, 0.4) is 0 Å². The zero-order valence-corrected chi connectivity index (χ0v) is 10.7. The van der Waals surface area contributed by atoms with Gasteiger partial charge in [-0.2, -0.15) is 0 Å². The van der Waals surface area contributed by atoms with Crippen LogP contribution in [0.2, 0.25) is 0 Å². The number of pyridine rings is 1. The minimum atomic E-state index is -0.424. The third-order valence-electron chi connectivity index (χ3n) is 3.67. The van der Waals surface area contributed by atoms with Crippen LogP contribution in [0.25, 0.3) is 0 Å². The molecule has 0 saturated heterocycles. The smallest absolute Gasteiger partial charge is 0.287 e. The van der Waals surface area contributed by atoms with E-state index in [0.717, 1.165) is 5.69 Å². The molecular weight excluding hydrogens is 230 g/mol. The lowest BCUT2D eigenvalue weighted by atomic mass is 9.83. The van der Waals surface area contributed by atoms with Crippen molar-refractivity contribution in [1.29, 1.82) is 0 Å². The summed E-state index contributed by atoms with van der Waals surface area (Å²) >= 11 is 0. The van der Waals surface area contributed by atoms with Gasteiger partial charge in [0.05, 0.1) is 10.6 Å². The predicted octanol–water partition coefficient (Wildman–Crippen LogP) is 2.80. The first-order valence-corrected chi connectivity index (χ1v) is 6.43. The lowest BCUT2D eigenvalue weighted by molar-refractivity contribution is -0.385. The molecule has 1 aromatic rings. The summed E-state index contributed by atoms with van der Waals surface area (Å²) in [5, 5.41) is 14.0. The van der Waals surface area contributed by atoms with E-state index >= 15 is 0 Å². The molecule has 1 N–H and O–H groups in total. The van der Waals surface area contributed by atoms with Gasteiger partial charge in [0.1, 0.15) is 6.20 Å². The van der Waals surface area contributed by atoms with E-state index in [2.05, 4.69) is 17.2 Å². The zero-order chi connectivity index (χ0) is 13.0. The summed E-state index contributed by atoms with van der Waals surface area (Å²) in [7, 11) is 0. The van der Waals surface area contributed by atoms with Crippen LogP contribution in [0, 0.1) is 10.1 Å². The molecule has 2 rings (SSSR count). The van der Waals surface area contributed by atoms with Gasteiger partial charge >= 0.3 is 0 Å². The normalized spacial score (nSPS) is 18.5.